The highest BCUT2D eigenvalue weighted by molar-refractivity contribution is 7.17. The first-order valence-corrected chi connectivity index (χ1v) is 9.75. The molecule has 3 N–H and O–H groups in total. The summed E-state index contributed by atoms with van der Waals surface area (Å²) in [5, 5.41) is 7.79. The molecule has 148 valence electrons. The van der Waals surface area contributed by atoms with Gasteiger partial charge >= 0.3 is 12.0 Å². The van der Waals surface area contributed by atoms with Crippen LogP contribution in [0.5, 0.6) is 0 Å². The highest BCUT2D eigenvalue weighted by Crippen LogP contribution is 2.38. The second kappa shape index (κ2) is 8.98. The molecule has 9 heteroatoms. The number of thiophene rings is 1. The van der Waals surface area contributed by atoms with E-state index in [1.807, 2.05) is 0 Å². The molecule has 0 saturated heterocycles. The SMILES string of the molecule is CC(=O)Nc1sc2c(c1C(=O)O[C@H](C)C(=O)NC(=O)NC(C)C)CCCC2. The van der Waals surface area contributed by atoms with E-state index in [0.717, 1.165) is 36.1 Å². The minimum absolute atomic E-state index is 0.131. The number of aryl methyl sites for hydroxylation is 1. The topological polar surface area (TPSA) is 114 Å². The van der Waals surface area contributed by atoms with E-state index >= 15 is 0 Å². The Balaban J connectivity index is 2.12. The van der Waals surface area contributed by atoms with E-state index < -0.39 is 24.0 Å². The largest absolute Gasteiger partial charge is 0.449 e. The molecule has 0 fully saturated rings. The molecule has 1 aromatic heterocycles. The van der Waals surface area contributed by atoms with Gasteiger partial charge in [-0.2, -0.15) is 0 Å². The molecule has 0 aliphatic heterocycles. The zero-order valence-corrected chi connectivity index (χ0v) is 16.7. The Morgan fingerprint density at radius 2 is 1.74 bits per heavy atom. The second-order valence-corrected chi connectivity index (χ2v) is 7.87. The lowest BCUT2D eigenvalue weighted by Gasteiger charge is -2.16. The lowest BCUT2D eigenvalue weighted by Crippen LogP contribution is -2.46. The number of carbonyl (C=O) groups excluding carboxylic acids is 4. The van der Waals surface area contributed by atoms with Crippen molar-refractivity contribution >= 4 is 40.2 Å². The Kier molecular flexibility index (Phi) is 6.95. The summed E-state index contributed by atoms with van der Waals surface area (Å²) in [5.41, 5.74) is 1.20. The van der Waals surface area contributed by atoms with Crippen molar-refractivity contribution in [1.29, 1.82) is 0 Å². The molecule has 1 aliphatic rings. The lowest BCUT2D eigenvalue weighted by atomic mass is 9.95. The van der Waals surface area contributed by atoms with Gasteiger partial charge in [0.25, 0.3) is 5.91 Å². The molecular formula is C18H25N3O5S. The monoisotopic (exact) mass is 395 g/mol. The van der Waals surface area contributed by atoms with Crippen molar-refractivity contribution in [1.82, 2.24) is 10.6 Å². The van der Waals surface area contributed by atoms with Crippen LogP contribution in [0.3, 0.4) is 0 Å². The van der Waals surface area contributed by atoms with Gasteiger partial charge in [-0.05, 0) is 52.0 Å². The fourth-order valence-corrected chi connectivity index (χ4v) is 4.14. The summed E-state index contributed by atoms with van der Waals surface area (Å²) in [6.45, 7) is 6.29. The van der Waals surface area contributed by atoms with Crippen LogP contribution in [0.1, 0.15) is 61.3 Å². The Hall–Kier alpha value is -2.42. The number of rotatable bonds is 5. The molecule has 0 spiro atoms. The molecule has 27 heavy (non-hydrogen) atoms. The third kappa shape index (κ3) is 5.53. The number of anilines is 1. The van der Waals surface area contributed by atoms with Crippen LogP contribution in [-0.2, 0) is 27.2 Å². The van der Waals surface area contributed by atoms with Crippen molar-refractivity contribution in [2.45, 2.75) is 65.5 Å². The van der Waals surface area contributed by atoms with E-state index in [1.54, 1.807) is 13.8 Å². The van der Waals surface area contributed by atoms with Crippen LogP contribution in [0.4, 0.5) is 9.80 Å². The van der Waals surface area contributed by atoms with Crippen molar-refractivity contribution in [3.63, 3.8) is 0 Å². The van der Waals surface area contributed by atoms with Crippen LogP contribution in [0.25, 0.3) is 0 Å². The van der Waals surface area contributed by atoms with Gasteiger partial charge < -0.3 is 15.4 Å². The van der Waals surface area contributed by atoms with E-state index in [0.29, 0.717) is 10.6 Å². The number of fused-ring (bicyclic) bond motifs is 1. The summed E-state index contributed by atoms with van der Waals surface area (Å²) in [4.78, 5) is 48.9. The smallest absolute Gasteiger partial charge is 0.342 e. The number of hydrogen-bond donors (Lipinski definition) is 3. The van der Waals surface area contributed by atoms with Gasteiger partial charge in [-0.1, -0.05) is 0 Å². The molecule has 1 heterocycles. The number of carbonyl (C=O) groups is 4. The number of imide groups is 1. The number of hydrogen-bond acceptors (Lipinski definition) is 6. The molecule has 1 atom stereocenters. The van der Waals surface area contributed by atoms with Gasteiger partial charge in [-0.15, -0.1) is 11.3 Å². The van der Waals surface area contributed by atoms with Gasteiger partial charge in [0.2, 0.25) is 5.91 Å². The third-order valence-corrected chi connectivity index (χ3v) is 5.18. The number of ether oxygens (including phenoxy) is 1. The zero-order chi connectivity index (χ0) is 20.1. The summed E-state index contributed by atoms with van der Waals surface area (Å²) >= 11 is 1.37. The van der Waals surface area contributed by atoms with Crippen molar-refractivity contribution in [2.24, 2.45) is 0 Å². The molecule has 0 unspecified atom stereocenters. The van der Waals surface area contributed by atoms with Gasteiger partial charge in [0, 0.05) is 17.8 Å². The van der Waals surface area contributed by atoms with Crippen molar-refractivity contribution in [3.8, 4) is 0 Å². The second-order valence-electron chi connectivity index (χ2n) is 6.76. The first kappa shape index (κ1) is 20.9. The first-order valence-electron chi connectivity index (χ1n) is 8.93. The Labute approximate surface area is 162 Å². The lowest BCUT2D eigenvalue weighted by molar-refractivity contribution is -0.128. The Morgan fingerprint density at radius 1 is 1.07 bits per heavy atom. The quantitative estimate of drug-likeness (QED) is 0.663. The highest BCUT2D eigenvalue weighted by atomic mass is 32.1. The van der Waals surface area contributed by atoms with E-state index in [1.165, 1.54) is 25.2 Å². The molecule has 0 bridgehead atoms. The first-order chi connectivity index (χ1) is 12.7. The van der Waals surface area contributed by atoms with Crippen molar-refractivity contribution in [2.75, 3.05) is 5.32 Å². The molecule has 1 aromatic rings. The van der Waals surface area contributed by atoms with Gasteiger partial charge in [-0.25, -0.2) is 9.59 Å². The molecule has 0 aromatic carbocycles. The van der Waals surface area contributed by atoms with Crippen molar-refractivity contribution < 1.29 is 23.9 Å². The molecule has 2 rings (SSSR count). The molecule has 8 nitrogen and oxygen atoms in total. The average molecular weight is 395 g/mol. The average Bonchev–Trinajstić information content (AvgIpc) is 2.90. The maximum Gasteiger partial charge on any atom is 0.342 e. The molecular weight excluding hydrogens is 370 g/mol. The van der Waals surface area contributed by atoms with Crippen LogP contribution in [-0.4, -0.2) is 36.0 Å². The number of esters is 1. The van der Waals surface area contributed by atoms with Crippen molar-refractivity contribution in [3.05, 3.63) is 16.0 Å². The Bertz CT molecular complexity index is 756. The van der Waals surface area contributed by atoms with Crippen LogP contribution >= 0.6 is 11.3 Å². The van der Waals surface area contributed by atoms with E-state index in [-0.39, 0.29) is 11.9 Å². The molecule has 0 radical (unpaired) electrons. The molecule has 0 saturated carbocycles. The number of urea groups is 1. The number of amides is 4. The van der Waals surface area contributed by atoms with E-state index in [9.17, 15) is 19.2 Å². The highest BCUT2D eigenvalue weighted by Gasteiger charge is 2.29. The maximum absolute atomic E-state index is 12.7. The fraction of sp³-hybridized carbons (Fsp3) is 0.556. The van der Waals surface area contributed by atoms with Gasteiger partial charge in [0.1, 0.15) is 5.00 Å². The summed E-state index contributed by atoms with van der Waals surface area (Å²) in [6.07, 6.45) is 2.42. The maximum atomic E-state index is 12.7. The summed E-state index contributed by atoms with van der Waals surface area (Å²) in [6, 6.07) is -0.780. The summed E-state index contributed by atoms with van der Waals surface area (Å²) < 4.78 is 5.28. The van der Waals surface area contributed by atoms with Gasteiger partial charge in [0.15, 0.2) is 6.10 Å². The van der Waals surface area contributed by atoms with Crippen LogP contribution in [0, 0.1) is 0 Å². The molecule has 1 aliphatic carbocycles. The normalized spacial score (nSPS) is 14.1. The third-order valence-electron chi connectivity index (χ3n) is 3.97. The predicted octanol–water partition coefficient (Wildman–Crippen LogP) is 2.36. The summed E-state index contributed by atoms with van der Waals surface area (Å²) in [5.74, 6) is -1.67. The standard InChI is InChI=1S/C18H25N3O5S/c1-9(2)19-18(25)21-15(23)10(3)26-17(24)14-12-7-5-6-8-13(12)27-16(14)20-11(4)22/h9-10H,5-8H2,1-4H3,(H,20,22)(H2,19,21,23,25)/t10-/m1/s1. The van der Waals surface area contributed by atoms with Crippen LogP contribution < -0.4 is 16.0 Å². The van der Waals surface area contributed by atoms with Gasteiger partial charge in [0.05, 0.1) is 5.56 Å². The minimum Gasteiger partial charge on any atom is -0.449 e. The number of nitrogens with one attached hydrogen (secondary N) is 3. The zero-order valence-electron chi connectivity index (χ0n) is 15.9. The van der Waals surface area contributed by atoms with E-state index in [2.05, 4.69) is 16.0 Å². The minimum atomic E-state index is -1.15. The fourth-order valence-electron chi connectivity index (χ4n) is 2.81. The van der Waals surface area contributed by atoms with Crippen LogP contribution in [0.2, 0.25) is 0 Å². The Morgan fingerprint density at radius 3 is 2.37 bits per heavy atom. The predicted molar refractivity (Wildman–Crippen MR) is 102 cm³/mol. The van der Waals surface area contributed by atoms with E-state index in [4.69, 9.17) is 4.74 Å². The van der Waals surface area contributed by atoms with Gasteiger partial charge in [-0.3, -0.25) is 14.9 Å². The van der Waals surface area contributed by atoms with Crippen LogP contribution in [0.15, 0.2) is 0 Å². The summed E-state index contributed by atoms with van der Waals surface area (Å²) in [7, 11) is 0. The molecule has 4 amide bonds.